The summed E-state index contributed by atoms with van der Waals surface area (Å²) < 4.78 is 13.6. The highest BCUT2D eigenvalue weighted by atomic mass is 19.1. The number of nitrogens with zero attached hydrogens (tertiary/aromatic N) is 2. The highest BCUT2D eigenvalue weighted by Crippen LogP contribution is 2.28. The Morgan fingerprint density at radius 1 is 1.13 bits per heavy atom. The van der Waals surface area contributed by atoms with E-state index in [-0.39, 0.29) is 30.7 Å². The molecular weight excluding hydrogens is 397 g/mol. The van der Waals surface area contributed by atoms with Gasteiger partial charge in [-0.2, -0.15) is 0 Å². The van der Waals surface area contributed by atoms with Crippen LogP contribution in [0.25, 0.3) is 0 Å². The van der Waals surface area contributed by atoms with Crippen molar-refractivity contribution >= 4 is 23.4 Å². The van der Waals surface area contributed by atoms with E-state index in [9.17, 15) is 18.8 Å². The van der Waals surface area contributed by atoms with E-state index in [4.69, 9.17) is 0 Å². The van der Waals surface area contributed by atoms with Crippen LogP contribution in [0.15, 0.2) is 42.5 Å². The van der Waals surface area contributed by atoms with Gasteiger partial charge in [0.05, 0.1) is 6.42 Å². The highest BCUT2D eigenvalue weighted by molar-refractivity contribution is 5.91. The van der Waals surface area contributed by atoms with Crippen LogP contribution in [0.2, 0.25) is 0 Å². The molecule has 1 heterocycles. The Morgan fingerprint density at radius 2 is 1.90 bits per heavy atom. The topological polar surface area (TPSA) is 69.7 Å². The second-order valence-corrected chi connectivity index (χ2v) is 8.06. The van der Waals surface area contributed by atoms with Crippen LogP contribution in [0.5, 0.6) is 0 Å². The first-order valence-corrected chi connectivity index (χ1v) is 10.4. The number of halogens is 1. The van der Waals surface area contributed by atoms with Crippen molar-refractivity contribution in [1.29, 1.82) is 0 Å². The molecular formula is C24H28FN3O3. The van der Waals surface area contributed by atoms with Crippen molar-refractivity contribution in [3.8, 4) is 0 Å². The van der Waals surface area contributed by atoms with Crippen LogP contribution in [-0.2, 0) is 33.8 Å². The number of nitrogens with one attached hydrogen (secondary N) is 1. The minimum atomic E-state index is -0.621. The molecule has 2 aromatic carbocycles. The molecule has 31 heavy (non-hydrogen) atoms. The largest absolute Gasteiger partial charge is 0.347 e. The van der Waals surface area contributed by atoms with E-state index >= 15 is 0 Å². The fourth-order valence-corrected chi connectivity index (χ4v) is 3.82. The first kappa shape index (κ1) is 22.5. The number of anilines is 1. The van der Waals surface area contributed by atoms with Crippen molar-refractivity contribution in [3.63, 3.8) is 0 Å². The summed E-state index contributed by atoms with van der Waals surface area (Å²) in [7, 11) is 3.33. The van der Waals surface area contributed by atoms with Crippen LogP contribution in [0.4, 0.5) is 10.1 Å². The minimum Gasteiger partial charge on any atom is -0.347 e. The smallest absolute Gasteiger partial charge is 0.245 e. The number of hydrogen-bond donors (Lipinski definition) is 1. The number of amides is 3. The molecule has 0 saturated carbocycles. The minimum absolute atomic E-state index is 0.0111. The Bertz CT molecular complexity index is 990. The maximum Gasteiger partial charge on any atom is 0.245 e. The van der Waals surface area contributed by atoms with Crippen LogP contribution < -0.4 is 5.32 Å². The average Bonchev–Trinajstić information content (AvgIpc) is 2.72. The van der Waals surface area contributed by atoms with E-state index in [1.54, 1.807) is 31.1 Å². The number of rotatable bonds is 6. The van der Waals surface area contributed by atoms with Crippen molar-refractivity contribution in [3.05, 3.63) is 65.0 Å². The third-order valence-electron chi connectivity index (χ3n) is 5.39. The third kappa shape index (κ3) is 5.48. The Hall–Kier alpha value is -3.22. The van der Waals surface area contributed by atoms with Gasteiger partial charge in [-0.05, 0) is 47.4 Å². The number of carbonyl (C=O) groups is 3. The van der Waals surface area contributed by atoms with Crippen LogP contribution in [0.3, 0.4) is 0 Å². The molecule has 1 atom stereocenters. The summed E-state index contributed by atoms with van der Waals surface area (Å²) in [6.45, 7) is 2.20. The summed E-state index contributed by atoms with van der Waals surface area (Å²) in [4.78, 5) is 41.0. The first-order valence-electron chi connectivity index (χ1n) is 10.4. The van der Waals surface area contributed by atoms with Crippen molar-refractivity contribution in [2.75, 3.05) is 19.4 Å². The molecule has 6 nitrogen and oxygen atoms in total. The summed E-state index contributed by atoms with van der Waals surface area (Å²) in [5, 5.41) is 2.88. The highest BCUT2D eigenvalue weighted by Gasteiger charge is 2.35. The quantitative estimate of drug-likeness (QED) is 0.773. The standard InChI is InChI=1S/C24H28FN3O3/c1-4-6-22(29)26-20-10-9-17-14-21(24(31)27(2)3)28(15-18(17)13-20)23(30)12-16-7-5-8-19(25)11-16/h5,7-11,13,21H,4,6,12,14-15H2,1-3H3,(H,26,29)/t21-/m1/s1. The molecule has 0 unspecified atom stereocenters. The van der Waals surface area contributed by atoms with Gasteiger partial charge in [0.1, 0.15) is 11.9 Å². The lowest BCUT2D eigenvalue weighted by atomic mass is 9.92. The van der Waals surface area contributed by atoms with Gasteiger partial charge in [0, 0.05) is 39.2 Å². The molecule has 3 amide bonds. The van der Waals surface area contributed by atoms with Gasteiger partial charge in [0.25, 0.3) is 0 Å². The van der Waals surface area contributed by atoms with E-state index in [2.05, 4.69) is 5.32 Å². The van der Waals surface area contributed by atoms with Crippen LogP contribution in [-0.4, -0.2) is 47.7 Å². The van der Waals surface area contributed by atoms with Crippen LogP contribution in [0, 0.1) is 5.82 Å². The van der Waals surface area contributed by atoms with E-state index in [1.807, 2.05) is 25.1 Å². The van der Waals surface area contributed by atoms with Crippen LogP contribution >= 0.6 is 0 Å². The number of hydrogen-bond acceptors (Lipinski definition) is 3. The number of carbonyl (C=O) groups excluding carboxylic acids is 3. The second kappa shape index (κ2) is 9.73. The molecule has 1 aliphatic rings. The van der Waals surface area contributed by atoms with Gasteiger partial charge in [0.2, 0.25) is 17.7 Å². The van der Waals surface area contributed by atoms with Crippen LogP contribution in [0.1, 0.15) is 36.5 Å². The Balaban J connectivity index is 1.87. The third-order valence-corrected chi connectivity index (χ3v) is 5.39. The van der Waals surface area contributed by atoms with E-state index in [1.165, 1.54) is 17.0 Å². The Morgan fingerprint density at radius 3 is 2.58 bits per heavy atom. The molecule has 0 bridgehead atoms. The molecule has 1 aliphatic heterocycles. The molecule has 0 saturated heterocycles. The van der Waals surface area contributed by atoms with E-state index in [0.29, 0.717) is 24.1 Å². The lowest BCUT2D eigenvalue weighted by Crippen LogP contribution is -2.52. The molecule has 7 heteroatoms. The molecule has 0 spiro atoms. The number of likely N-dealkylation sites (N-methyl/N-ethyl adjacent to an activating group) is 1. The van der Waals surface area contributed by atoms with Crippen molar-refractivity contribution < 1.29 is 18.8 Å². The zero-order chi connectivity index (χ0) is 22.5. The van der Waals surface area contributed by atoms with Gasteiger partial charge in [-0.3, -0.25) is 14.4 Å². The number of fused-ring (bicyclic) bond motifs is 1. The molecule has 164 valence electrons. The monoisotopic (exact) mass is 425 g/mol. The first-order chi connectivity index (χ1) is 14.8. The second-order valence-electron chi connectivity index (χ2n) is 8.06. The van der Waals surface area contributed by atoms with Gasteiger partial charge in [-0.15, -0.1) is 0 Å². The van der Waals surface area contributed by atoms with E-state index in [0.717, 1.165) is 17.5 Å². The zero-order valence-electron chi connectivity index (χ0n) is 18.2. The lowest BCUT2D eigenvalue weighted by molar-refractivity contribution is -0.145. The molecule has 0 radical (unpaired) electrons. The SMILES string of the molecule is CCCC(=O)Nc1ccc2c(c1)CN(C(=O)Cc1cccc(F)c1)[C@@H](C(=O)N(C)C)C2. The maximum absolute atomic E-state index is 13.6. The molecule has 2 aromatic rings. The molecule has 0 aromatic heterocycles. The summed E-state index contributed by atoms with van der Waals surface area (Å²) in [6, 6.07) is 10.9. The summed E-state index contributed by atoms with van der Waals surface area (Å²) in [5.74, 6) is -0.851. The summed E-state index contributed by atoms with van der Waals surface area (Å²) >= 11 is 0. The van der Waals surface area contributed by atoms with Crippen molar-refractivity contribution in [1.82, 2.24) is 9.80 Å². The van der Waals surface area contributed by atoms with Gasteiger partial charge in [-0.25, -0.2) is 4.39 Å². The van der Waals surface area contributed by atoms with Gasteiger partial charge in [0.15, 0.2) is 0 Å². The molecule has 3 rings (SSSR count). The lowest BCUT2D eigenvalue weighted by Gasteiger charge is -2.37. The predicted octanol–water partition coefficient (Wildman–Crippen LogP) is 3.15. The fourth-order valence-electron chi connectivity index (χ4n) is 3.82. The van der Waals surface area contributed by atoms with E-state index < -0.39 is 11.9 Å². The zero-order valence-corrected chi connectivity index (χ0v) is 18.2. The summed E-state index contributed by atoms with van der Waals surface area (Å²) in [5.41, 5.74) is 3.10. The van der Waals surface area contributed by atoms with Gasteiger partial charge in [-0.1, -0.05) is 25.1 Å². The van der Waals surface area contributed by atoms with Crippen molar-refractivity contribution in [2.24, 2.45) is 0 Å². The van der Waals surface area contributed by atoms with Gasteiger partial charge < -0.3 is 15.1 Å². The molecule has 0 fully saturated rings. The van der Waals surface area contributed by atoms with Crippen molar-refractivity contribution in [2.45, 2.75) is 45.2 Å². The molecule has 1 N–H and O–H groups in total. The molecule has 0 aliphatic carbocycles. The van der Waals surface area contributed by atoms with Gasteiger partial charge >= 0.3 is 0 Å². The predicted molar refractivity (Wildman–Crippen MR) is 117 cm³/mol. The average molecular weight is 426 g/mol. The Kier molecular flexibility index (Phi) is 7.05. The Labute approximate surface area is 182 Å². The maximum atomic E-state index is 13.6. The fraction of sp³-hybridized carbons (Fsp3) is 0.375. The summed E-state index contributed by atoms with van der Waals surface area (Å²) in [6.07, 6.45) is 1.60. The number of benzene rings is 2. The normalized spacial score (nSPS) is 15.2.